The third-order valence-electron chi connectivity index (χ3n) is 3.17. The fourth-order valence-corrected chi connectivity index (χ4v) is 2.33. The number of allylic oxidation sites excluding steroid dienone is 6. The zero-order valence-corrected chi connectivity index (χ0v) is 12.9. The Bertz CT molecular complexity index is 578. The normalized spacial score (nSPS) is 19.5. The molecular formula is C19H23N. The van der Waals surface area contributed by atoms with Gasteiger partial charge in [0.1, 0.15) is 0 Å². The van der Waals surface area contributed by atoms with Gasteiger partial charge >= 0.3 is 0 Å². The number of aliphatic imine (C=N–C) groups is 1. The quantitative estimate of drug-likeness (QED) is 0.730. The second-order valence-corrected chi connectivity index (χ2v) is 6.29. The molecule has 20 heavy (non-hydrogen) atoms. The van der Waals surface area contributed by atoms with Crippen molar-refractivity contribution >= 4 is 5.71 Å². The maximum Gasteiger partial charge on any atom is 0.0640 e. The Morgan fingerprint density at radius 2 is 1.75 bits per heavy atom. The van der Waals surface area contributed by atoms with Crippen LogP contribution in [0.1, 0.15) is 26.3 Å². The van der Waals surface area contributed by atoms with Gasteiger partial charge in [0.2, 0.25) is 0 Å². The third kappa shape index (κ3) is 4.06. The van der Waals surface area contributed by atoms with Crippen LogP contribution in [-0.2, 0) is 6.42 Å². The van der Waals surface area contributed by atoms with Gasteiger partial charge in [-0.3, -0.25) is 4.99 Å². The van der Waals surface area contributed by atoms with Crippen LogP contribution in [0.5, 0.6) is 0 Å². The van der Waals surface area contributed by atoms with Crippen LogP contribution in [0, 0.1) is 5.41 Å². The van der Waals surface area contributed by atoms with Gasteiger partial charge in [-0.15, -0.1) is 0 Å². The molecule has 0 aliphatic heterocycles. The van der Waals surface area contributed by atoms with Crippen molar-refractivity contribution < 1.29 is 0 Å². The first kappa shape index (κ1) is 14.5. The Morgan fingerprint density at radius 1 is 1.05 bits per heavy atom. The number of hydrogen-bond donors (Lipinski definition) is 0. The minimum atomic E-state index is 0.158. The molecule has 1 nitrogen and oxygen atoms in total. The molecule has 0 fully saturated rings. The lowest BCUT2D eigenvalue weighted by Gasteiger charge is -2.18. The standard InChI is InChI=1S/C19H23N/c1-19(2,3)14-17-13-16(10-11-18(17)20-4)12-15-8-6-5-7-9-15/h5-11,13-14H,12H2,1-4H3/b17-14+,20-18-. The summed E-state index contributed by atoms with van der Waals surface area (Å²) in [4.78, 5) is 4.37. The van der Waals surface area contributed by atoms with E-state index < -0.39 is 0 Å². The van der Waals surface area contributed by atoms with Gasteiger partial charge < -0.3 is 0 Å². The lowest BCUT2D eigenvalue weighted by Crippen LogP contribution is -2.09. The first-order valence-corrected chi connectivity index (χ1v) is 7.10. The van der Waals surface area contributed by atoms with Gasteiger partial charge in [0.15, 0.2) is 0 Å². The molecule has 1 aliphatic carbocycles. The molecule has 1 aromatic carbocycles. The van der Waals surface area contributed by atoms with Gasteiger partial charge in [0, 0.05) is 7.05 Å². The summed E-state index contributed by atoms with van der Waals surface area (Å²) in [6.45, 7) is 6.66. The summed E-state index contributed by atoms with van der Waals surface area (Å²) in [5, 5.41) is 0. The first-order chi connectivity index (χ1) is 9.48. The monoisotopic (exact) mass is 265 g/mol. The average Bonchev–Trinajstić information content (AvgIpc) is 2.38. The van der Waals surface area contributed by atoms with Crippen molar-refractivity contribution in [2.45, 2.75) is 27.2 Å². The molecule has 0 bridgehead atoms. The fraction of sp³-hybridized carbons (Fsp3) is 0.316. The summed E-state index contributed by atoms with van der Waals surface area (Å²) in [5.41, 5.74) is 5.13. The van der Waals surface area contributed by atoms with E-state index in [0.29, 0.717) is 0 Å². The molecule has 0 N–H and O–H groups in total. The lowest BCUT2D eigenvalue weighted by molar-refractivity contribution is 0.543. The molecule has 1 heteroatoms. The van der Waals surface area contributed by atoms with E-state index in [9.17, 15) is 0 Å². The van der Waals surface area contributed by atoms with Gasteiger partial charge in [-0.2, -0.15) is 0 Å². The van der Waals surface area contributed by atoms with Crippen molar-refractivity contribution in [2.24, 2.45) is 10.4 Å². The number of rotatable bonds is 2. The maximum absolute atomic E-state index is 4.37. The van der Waals surface area contributed by atoms with Crippen molar-refractivity contribution in [1.29, 1.82) is 0 Å². The molecule has 0 heterocycles. The highest BCUT2D eigenvalue weighted by Gasteiger charge is 2.13. The molecule has 1 aliphatic rings. The van der Waals surface area contributed by atoms with Gasteiger partial charge in [0.25, 0.3) is 0 Å². The molecule has 2 rings (SSSR count). The maximum atomic E-state index is 4.37. The summed E-state index contributed by atoms with van der Waals surface area (Å²) in [6.07, 6.45) is 9.82. The van der Waals surface area contributed by atoms with E-state index in [-0.39, 0.29) is 5.41 Å². The van der Waals surface area contributed by atoms with E-state index in [2.05, 4.69) is 80.4 Å². The molecule has 0 unspecified atom stereocenters. The van der Waals surface area contributed by atoms with E-state index in [0.717, 1.165) is 12.1 Å². The van der Waals surface area contributed by atoms with E-state index in [4.69, 9.17) is 0 Å². The summed E-state index contributed by atoms with van der Waals surface area (Å²) in [7, 11) is 1.85. The largest absolute Gasteiger partial charge is 0.288 e. The van der Waals surface area contributed by atoms with Crippen LogP contribution in [0.3, 0.4) is 0 Å². The Morgan fingerprint density at radius 3 is 2.35 bits per heavy atom. The smallest absolute Gasteiger partial charge is 0.0640 e. The summed E-state index contributed by atoms with van der Waals surface area (Å²) in [6, 6.07) is 10.6. The summed E-state index contributed by atoms with van der Waals surface area (Å²) >= 11 is 0. The fourth-order valence-electron chi connectivity index (χ4n) is 2.33. The van der Waals surface area contributed by atoms with Crippen LogP contribution < -0.4 is 0 Å². The molecular weight excluding hydrogens is 242 g/mol. The van der Waals surface area contributed by atoms with Gasteiger partial charge in [-0.05, 0) is 40.7 Å². The van der Waals surface area contributed by atoms with Crippen molar-refractivity contribution in [2.75, 3.05) is 7.05 Å². The highest BCUT2D eigenvalue weighted by molar-refractivity contribution is 6.11. The number of hydrogen-bond acceptors (Lipinski definition) is 1. The first-order valence-electron chi connectivity index (χ1n) is 7.10. The summed E-state index contributed by atoms with van der Waals surface area (Å²) < 4.78 is 0. The predicted octanol–water partition coefficient (Wildman–Crippen LogP) is 4.77. The van der Waals surface area contributed by atoms with Crippen LogP contribution in [-0.4, -0.2) is 12.8 Å². The van der Waals surface area contributed by atoms with Crippen molar-refractivity contribution in [3.8, 4) is 0 Å². The van der Waals surface area contributed by atoms with Crippen molar-refractivity contribution in [1.82, 2.24) is 0 Å². The second kappa shape index (κ2) is 6.04. The molecule has 104 valence electrons. The van der Waals surface area contributed by atoms with Crippen LogP contribution in [0.2, 0.25) is 0 Å². The Balaban J connectivity index is 2.28. The minimum absolute atomic E-state index is 0.158. The van der Waals surface area contributed by atoms with Gasteiger partial charge in [-0.1, -0.05) is 63.3 Å². The zero-order chi connectivity index (χ0) is 14.6. The van der Waals surface area contributed by atoms with Crippen LogP contribution in [0.25, 0.3) is 0 Å². The highest BCUT2D eigenvalue weighted by atomic mass is 14.7. The van der Waals surface area contributed by atoms with Gasteiger partial charge in [-0.25, -0.2) is 0 Å². The predicted molar refractivity (Wildman–Crippen MR) is 88.3 cm³/mol. The van der Waals surface area contributed by atoms with Crippen molar-refractivity contribution in [3.05, 3.63) is 71.3 Å². The molecule has 0 amide bonds. The zero-order valence-electron chi connectivity index (χ0n) is 12.9. The van der Waals surface area contributed by atoms with E-state index in [1.165, 1.54) is 16.7 Å². The molecule has 0 spiro atoms. The molecule has 0 saturated heterocycles. The number of nitrogens with zero attached hydrogens (tertiary/aromatic N) is 1. The second-order valence-electron chi connectivity index (χ2n) is 6.29. The van der Waals surface area contributed by atoms with Crippen LogP contribution >= 0.6 is 0 Å². The van der Waals surface area contributed by atoms with Crippen LogP contribution in [0.4, 0.5) is 0 Å². The molecule has 0 aromatic heterocycles. The molecule has 0 atom stereocenters. The van der Waals surface area contributed by atoms with E-state index >= 15 is 0 Å². The van der Waals surface area contributed by atoms with E-state index in [1.54, 1.807) is 0 Å². The SMILES string of the molecule is C/N=C1/C=CC(Cc2ccccc2)=C/C1=C\C(C)(C)C. The molecule has 1 aromatic rings. The number of benzene rings is 1. The summed E-state index contributed by atoms with van der Waals surface area (Å²) in [5.74, 6) is 0. The highest BCUT2D eigenvalue weighted by Crippen LogP contribution is 2.24. The molecule has 0 radical (unpaired) electrons. The topological polar surface area (TPSA) is 12.4 Å². The van der Waals surface area contributed by atoms with Gasteiger partial charge in [0.05, 0.1) is 5.71 Å². The minimum Gasteiger partial charge on any atom is -0.288 e. The van der Waals surface area contributed by atoms with Crippen LogP contribution in [0.15, 0.2) is 70.8 Å². The Hall–Kier alpha value is -1.89. The Labute approximate surface area is 122 Å². The van der Waals surface area contributed by atoms with E-state index in [1.807, 2.05) is 7.05 Å². The average molecular weight is 265 g/mol. The van der Waals surface area contributed by atoms with Crippen molar-refractivity contribution in [3.63, 3.8) is 0 Å². The Kier molecular flexibility index (Phi) is 4.39. The third-order valence-corrected chi connectivity index (χ3v) is 3.17. The lowest BCUT2D eigenvalue weighted by atomic mass is 9.88. The molecule has 0 saturated carbocycles.